The number of anilines is 1. The third kappa shape index (κ3) is 1.59. The van der Waals surface area contributed by atoms with Crippen LogP contribution in [0.3, 0.4) is 0 Å². The van der Waals surface area contributed by atoms with Crippen molar-refractivity contribution < 1.29 is 22.7 Å². The van der Waals surface area contributed by atoms with Crippen molar-refractivity contribution >= 4 is 11.7 Å². The second-order valence-corrected chi connectivity index (χ2v) is 4.34. The lowest BCUT2D eigenvalue weighted by Crippen LogP contribution is -2.58. The van der Waals surface area contributed by atoms with Gasteiger partial charge in [-0.15, -0.1) is 0 Å². The van der Waals surface area contributed by atoms with Crippen LogP contribution in [0.1, 0.15) is 5.69 Å². The number of ether oxygens (including phenoxy) is 1. The third-order valence-corrected chi connectivity index (χ3v) is 3.15. The van der Waals surface area contributed by atoms with Gasteiger partial charge in [0.05, 0.1) is 11.4 Å². The van der Waals surface area contributed by atoms with Crippen LogP contribution in [0, 0.1) is 0 Å². The number of nitrogens with one attached hydrogen (secondary N) is 2. The molecular weight excluding hydrogens is 273 g/mol. The van der Waals surface area contributed by atoms with Gasteiger partial charge in [0, 0.05) is 6.20 Å². The Kier molecular flexibility index (Phi) is 2.53. The zero-order valence-corrected chi connectivity index (χ0v) is 9.99. The number of aromatic nitrogens is 1. The summed E-state index contributed by atoms with van der Waals surface area (Å²) in [6.07, 6.45) is -3.54. The molecule has 3 rings (SSSR count). The van der Waals surface area contributed by atoms with Crippen molar-refractivity contribution in [2.75, 3.05) is 5.32 Å². The standard InChI is InChI=1S/C13H9F3N2O2/c14-13(15,16)12(10-6-3-7-17-10)11(19)20-9-5-2-1-4-8(9)18-12/h1-7,17-18H/t12-/m1/s1. The summed E-state index contributed by atoms with van der Waals surface area (Å²) < 4.78 is 45.4. The van der Waals surface area contributed by atoms with Gasteiger partial charge in [0.2, 0.25) is 0 Å². The average Bonchev–Trinajstić information content (AvgIpc) is 2.90. The Hall–Kier alpha value is -2.44. The number of carbonyl (C=O) groups excluding carboxylic acids is 1. The van der Waals surface area contributed by atoms with E-state index in [-0.39, 0.29) is 17.1 Å². The topological polar surface area (TPSA) is 54.1 Å². The van der Waals surface area contributed by atoms with Crippen molar-refractivity contribution in [2.24, 2.45) is 0 Å². The van der Waals surface area contributed by atoms with Crippen LogP contribution in [0.5, 0.6) is 5.75 Å². The molecule has 0 amide bonds. The summed E-state index contributed by atoms with van der Waals surface area (Å²) in [6, 6.07) is 8.55. The second kappa shape index (κ2) is 4.03. The quantitative estimate of drug-likeness (QED) is 0.624. The van der Waals surface area contributed by atoms with Crippen LogP contribution in [-0.2, 0) is 10.3 Å². The van der Waals surface area contributed by atoms with E-state index >= 15 is 0 Å². The average molecular weight is 282 g/mol. The number of halogens is 3. The molecule has 0 spiro atoms. The van der Waals surface area contributed by atoms with Gasteiger partial charge in [-0.2, -0.15) is 13.2 Å². The lowest BCUT2D eigenvalue weighted by molar-refractivity contribution is -0.199. The Labute approximate surface area is 111 Å². The zero-order chi connectivity index (χ0) is 14.4. The van der Waals surface area contributed by atoms with E-state index in [0.29, 0.717) is 0 Å². The number of hydrogen-bond acceptors (Lipinski definition) is 3. The van der Waals surface area contributed by atoms with E-state index in [4.69, 9.17) is 4.74 Å². The highest BCUT2D eigenvalue weighted by Crippen LogP contribution is 2.46. The second-order valence-electron chi connectivity index (χ2n) is 4.34. The molecule has 2 heterocycles. The number of rotatable bonds is 1. The molecule has 2 aromatic rings. The number of para-hydroxylation sites is 2. The van der Waals surface area contributed by atoms with Crippen molar-refractivity contribution in [2.45, 2.75) is 11.7 Å². The highest BCUT2D eigenvalue weighted by atomic mass is 19.4. The fraction of sp³-hybridized carbons (Fsp3) is 0.154. The van der Waals surface area contributed by atoms with Gasteiger partial charge in [-0.05, 0) is 24.3 Å². The van der Waals surface area contributed by atoms with Crippen LogP contribution in [-0.4, -0.2) is 17.1 Å². The molecule has 0 aliphatic carbocycles. The first-order chi connectivity index (χ1) is 9.45. The Balaban J connectivity index is 2.20. The van der Waals surface area contributed by atoms with Crippen molar-refractivity contribution in [1.82, 2.24) is 4.98 Å². The first-order valence-corrected chi connectivity index (χ1v) is 5.75. The summed E-state index contributed by atoms with van der Waals surface area (Å²) in [6.45, 7) is 0. The van der Waals surface area contributed by atoms with Crippen molar-refractivity contribution in [3.05, 3.63) is 48.3 Å². The fourth-order valence-corrected chi connectivity index (χ4v) is 2.17. The van der Waals surface area contributed by atoms with Gasteiger partial charge < -0.3 is 15.0 Å². The van der Waals surface area contributed by atoms with E-state index < -0.39 is 17.7 Å². The van der Waals surface area contributed by atoms with Crippen LogP contribution in [0.15, 0.2) is 42.6 Å². The lowest BCUT2D eigenvalue weighted by atomic mass is 9.92. The summed E-state index contributed by atoms with van der Waals surface area (Å²) in [7, 11) is 0. The van der Waals surface area contributed by atoms with Gasteiger partial charge in [0.1, 0.15) is 0 Å². The van der Waals surface area contributed by atoms with Crippen LogP contribution < -0.4 is 10.1 Å². The summed E-state index contributed by atoms with van der Waals surface area (Å²) in [5.41, 5.74) is -3.13. The summed E-state index contributed by atoms with van der Waals surface area (Å²) in [5.74, 6) is -1.34. The Bertz CT molecular complexity index is 652. The number of H-pyrrole nitrogens is 1. The maximum atomic E-state index is 13.5. The van der Waals surface area contributed by atoms with E-state index in [2.05, 4.69) is 10.3 Å². The van der Waals surface area contributed by atoms with Gasteiger partial charge in [0.25, 0.3) is 5.54 Å². The molecule has 1 aliphatic heterocycles. The predicted octanol–water partition coefficient (Wildman–Crippen LogP) is 2.80. The minimum Gasteiger partial charge on any atom is -0.422 e. The molecule has 0 fully saturated rings. The largest absolute Gasteiger partial charge is 0.428 e. The van der Waals surface area contributed by atoms with Crippen LogP contribution >= 0.6 is 0 Å². The van der Waals surface area contributed by atoms with Gasteiger partial charge in [-0.3, -0.25) is 0 Å². The van der Waals surface area contributed by atoms with Crippen LogP contribution in [0.25, 0.3) is 0 Å². The Morgan fingerprint density at radius 2 is 1.85 bits per heavy atom. The Morgan fingerprint density at radius 1 is 1.10 bits per heavy atom. The van der Waals surface area contributed by atoms with Gasteiger partial charge >= 0.3 is 12.1 Å². The number of benzene rings is 1. The first-order valence-electron chi connectivity index (χ1n) is 5.75. The Morgan fingerprint density at radius 3 is 2.50 bits per heavy atom. The highest BCUT2D eigenvalue weighted by Gasteiger charge is 2.65. The van der Waals surface area contributed by atoms with E-state index in [1.54, 1.807) is 12.1 Å². The maximum Gasteiger partial charge on any atom is 0.428 e. The van der Waals surface area contributed by atoms with E-state index in [1.165, 1.54) is 30.5 Å². The number of aromatic amines is 1. The predicted molar refractivity (Wildman–Crippen MR) is 64.2 cm³/mol. The monoisotopic (exact) mass is 282 g/mol. The molecule has 2 N–H and O–H groups in total. The number of fused-ring (bicyclic) bond motifs is 1. The molecule has 1 aromatic heterocycles. The SMILES string of the molecule is O=C1Oc2ccccc2N[C@@]1(c1ccc[nH]1)C(F)(F)F. The summed E-state index contributed by atoms with van der Waals surface area (Å²) >= 11 is 0. The normalized spacial score (nSPS) is 21.9. The van der Waals surface area contributed by atoms with E-state index in [9.17, 15) is 18.0 Å². The van der Waals surface area contributed by atoms with Gasteiger partial charge in [0.15, 0.2) is 5.75 Å². The zero-order valence-electron chi connectivity index (χ0n) is 9.99. The molecule has 1 aromatic carbocycles. The van der Waals surface area contributed by atoms with E-state index in [1.807, 2.05) is 0 Å². The summed E-state index contributed by atoms with van der Waals surface area (Å²) in [5, 5.41) is 2.27. The van der Waals surface area contributed by atoms with Gasteiger partial charge in [-0.1, -0.05) is 12.1 Å². The number of esters is 1. The molecule has 1 atom stereocenters. The smallest absolute Gasteiger partial charge is 0.422 e. The van der Waals surface area contributed by atoms with Crippen molar-refractivity contribution in [3.63, 3.8) is 0 Å². The third-order valence-electron chi connectivity index (χ3n) is 3.15. The lowest BCUT2D eigenvalue weighted by Gasteiger charge is -2.37. The minimum absolute atomic E-state index is 0.0731. The molecule has 20 heavy (non-hydrogen) atoms. The molecule has 0 saturated carbocycles. The first kappa shape index (κ1) is 12.6. The number of carbonyl (C=O) groups is 1. The molecule has 4 nitrogen and oxygen atoms in total. The molecule has 0 unspecified atom stereocenters. The summed E-state index contributed by atoms with van der Waals surface area (Å²) in [4.78, 5) is 14.4. The van der Waals surface area contributed by atoms with E-state index in [0.717, 1.165) is 0 Å². The van der Waals surface area contributed by atoms with Crippen molar-refractivity contribution in [3.8, 4) is 5.75 Å². The maximum absolute atomic E-state index is 13.5. The minimum atomic E-state index is -4.86. The molecule has 0 saturated heterocycles. The molecule has 104 valence electrons. The number of alkyl halides is 3. The number of hydrogen-bond donors (Lipinski definition) is 2. The van der Waals surface area contributed by atoms with Gasteiger partial charge in [-0.25, -0.2) is 4.79 Å². The highest BCUT2D eigenvalue weighted by molar-refractivity contribution is 5.92. The molecule has 1 aliphatic rings. The molecular formula is C13H9F3N2O2. The molecule has 7 heteroatoms. The molecule has 0 radical (unpaired) electrons. The van der Waals surface area contributed by atoms with Crippen LogP contribution in [0.2, 0.25) is 0 Å². The van der Waals surface area contributed by atoms with Crippen molar-refractivity contribution in [1.29, 1.82) is 0 Å². The molecule has 0 bridgehead atoms. The fourth-order valence-electron chi connectivity index (χ4n) is 2.17. The van der Waals surface area contributed by atoms with Crippen LogP contribution in [0.4, 0.5) is 18.9 Å².